The molecule has 0 saturated heterocycles. The van der Waals surface area contributed by atoms with Crippen LogP contribution >= 0.6 is 11.6 Å². The fraction of sp³-hybridized carbons (Fsp3) is 0.357. The van der Waals surface area contributed by atoms with Gasteiger partial charge in [0.1, 0.15) is 0 Å². The minimum Gasteiger partial charge on any atom is -0.383 e. The maximum Gasteiger partial charge on any atom is 0.159 e. The predicted octanol–water partition coefficient (Wildman–Crippen LogP) is 2.70. The van der Waals surface area contributed by atoms with Crippen molar-refractivity contribution in [2.45, 2.75) is 19.0 Å². The van der Waals surface area contributed by atoms with E-state index >= 15 is 0 Å². The lowest BCUT2D eigenvalue weighted by Crippen LogP contribution is -2.20. The van der Waals surface area contributed by atoms with E-state index in [0.717, 1.165) is 12.1 Å². The summed E-state index contributed by atoms with van der Waals surface area (Å²) in [7, 11) is 1.59. The third-order valence-corrected chi connectivity index (χ3v) is 3.42. The first-order valence-corrected chi connectivity index (χ1v) is 6.80. The molecule has 2 aromatic rings. The quantitative estimate of drug-likeness (QED) is 0.891. The zero-order chi connectivity index (χ0) is 15.4. The van der Waals surface area contributed by atoms with Gasteiger partial charge in [0, 0.05) is 7.11 Å². The van der Waals surface area contributed by atoms with Gasteiger partial charge in [0.05, 0.1) is 36.1 Å². The summed E-state index contributed by atoms with van der Waals surface area (Å²) in [6, 6.07) is 3.25. The molecule has 114 valence electrons. The van der Waals surface area contributed by atoms with Crippen molar-refractivity contribution in [3.8, 4) is 0 Å². The molecular formula is C14H16ClF2N3O. The standard InChI is InChI=1S/C14H16ClF2N3O/c1-21-5-4-20-14(10(15)8-19-20)13(18)7-9-2-3-11(16)12(17)6-9/h2-3,6,8,13H,4-5,7,18H2,1H3. The molecule has 0 bridgehead atoms. The third kappa shape index (κ3) is 3.78. The first-order valence-electron chi connectivity index (χ1n) is 6.42. The van der Waals surface area contributed by atoms with Gasteiger partial charge in [-0.3, -0.25) is 4.68 Å². The Bertz CT molecular complexity index is 618. The maximum atomic E-state index is 13.2. The van der Waals surface area contributed by atoms with Crippen LogP contribution in [0.2, 0.25) is 5.02 Å². The summed E-state index contributed by atoms with van der Waals surface area (Å²) in [5, 5.41) is 4.58. The molecule has 0 amide bonds. The lowest BCUT2D eigenvalue weighted by atomic mass is 10.0. The number of rotatable bonds is 6. The normalized spacial score (nSPS) is 12.6. The molecule has 21 heavy (non-hydrogen) atoms. The second kappa shape index (κ2) is 6.98. The Morgan fingerprint density at radius 1 is 1.38 bits per heavy atom. The van der Waals surface area contributed by atoms with E-state index in [1.807, 2.05) is 0 Å². The van der Waals surface area contributed by atoms with Crippen LogP contribution in [0.1, 0.15) is 17.3 Å². The minimum absolute atomic E-state index is 0.329. The van der Waals surface area contributed by atoms with Crippen molar-refractivity contribution in [2.75, 3.05) is 13.7 Å². The third-order valence-electron chi connectivity index (χ3n) is 3.13. The summed E-state index contributed by atoms with van der Waals surface area (Å²) in [5.74, 6) is -1.77. The van der Waals surface area contributed by atoms with Gasteiger partial charge in [-0.25, -0.2) is 8.78 Å². The van der Waals surface area contributed by atoms with Gasteiger partial charge >= 0.3 is 0 Å². The Balaban J connectivity index is 2.17. The monoisotopic (exact) mass is 315 g/mol. The highest BCUT2D eigenvalue weighted by Crippen LogP contribution is 2.24. The van der Waals surface area contributed by atoms with Crippen molar-refractivity contribution in [3.05, 3.63) is 52.3 Å². The molecule has 2 rings (SSSR count). The van der Waals surface area contributed by atoms with Crippen LogP contribution in [0.4, 0.5) is 8.78 Å². The second-order valence-electron chi connectivity index (χ2n) is 4.65. The zero-order valence-electron chi connectivity index (χ0n) is 11.5. The molecule has 1 aromatic carbocycles. The van der Waals surface area contributed by atoms with E-state index in [9.17, 15) is 8.78 Å². The highest BCUT2D eigenvalue weighted by atomic mass is 35.5. The molecule has 4 nitrogen and oxygen atoms in total. The summed E-state index contributed by atoms with van der Waals surface area (Å²) in [4.78, 5) is 0. The van der Waals surface area contributed by atoms with Crippen LogP contribution in [-0.2, 0) is 17.7 Å². The highest BCUT2D eigenvalue weighted by Gasteiger charge is 2.18. The van der Waals surface area contributed by atoms with Crippen molar-refractivity contribution in [3.63, 3.8) is 0 Å². The van der Waals surface area contributed by atoms with Crippen molar-refractivity contribution < 1.29 is 13.5 Å². The lowest BCUT2D eigenvalue weighted by Gasteiger charge is -2.15. The molecule has 0 fully saturated rings. The van der Waals surface area contributed by atoms with E-state index in [1.54, 1.807) is 11.8 Å². The molecule has 1 aromatic heterocycles. The van der Waals surface area contributed by atoms with Crippen LogP contribution in [-0.4, -0.2) is 23.5 Å². The summed E-state index contributed by atoms with van der Waals surface area (Å²) in [6.45, 7) is 0.993. The van der Waals surface area contributed by atoms with E-state index in [-0.39, 0.29) is 0 Å². The molecule has 2 N–H and O–H groups in total. The molecule has 0 aliphatic heterocycles. The lowest BCUT2D eigenvalue weighted by molar-refractivity contribution is 0.182. The van der Waals surface area contributed by atoms with Crippen LogP contribution in [0.5, 0.6) is 0 Å². The molecule has 1 unspecified atom stereocenters. The Morgan fingerprint density at radius 2 is 2.14 bits per heavy atom. The number of hydrogen-bond donors (Lipinski definition) is 1. The number of nitrogens with two attached hydrogens (primary N) is 1. The van der Waals surface area contributed by atoms with Crippen molar-refractivity contribution >= 4 is 11.6 Å². The Morgan fingerprint density at radius 3 is 2.81 bits per heavy atom. The topological polar surface area (TPSA) is 53.1 Å². The van der Waals surface area contributed by atoms with Crippen molar-refractivity contribution in [1.82, 2.24) is 9.78 Å². The molecular weight excluding hydrogens is 300 g/mol. The van der Waals surface area contributed by atoms with Crippen LogP contribution in [0, 0.1) is 11.6 Å². The summed E-state index contributed by atoms with van der Waals surface area (Å²) >= 11 is 6.10. The molecule has 1 heterocycles. The Kier molecular flexibility index (Phi) is 5.27. The molecule has 1 atom stereocenters. The van der Waals surface area contributed by atoms with Crippen LogP contribution in [0.25, 0.3) is 0 Å². The number of hydrogen-bond acceptors (Lipinski definition) is 3. The van der Waals surface area contributed by atoms with E-state index in [2.05, 4.69) is 5.10 Å². The zero-order valence-corrected chi connectivity index (χ0v) is 12.3. The summed E-state index contributed by atoms with van der Waals surface area (Å²) in [5.41, 5.74) is 7.38. The van der Waals surface area contributed by atoms with Crippen molar-refractivity contribution in [2.24, 2.45) is 5.73 Å². The minimum atomic E-state index is -0.890. The van der Waals surface area contributed by atoms with Crippen LogP contribution in [0.15, 0.2) is 24.4 Å². The molecule has 0 aliphatic carbocycles. The molecule has 7 heteroatoms. The fourth-order valence-corrected chi connectivity index (χ4v) is 2.40. The Labute approximate surface area is 126 Å². The molecule has 0 radical (unpaired) electrons. The molecule has 0 spiro atoms. The van der Waals surface area contributed by atoms with Gasteiger partial charge in [-0.1, -0.05) is 17.7 Å². The average Bonchev–Trinajstić information content (AvgIpc) is 2.81. The van der Waals surface area contributed by atoms with Crippen molar-refractivity contribution in [1.29, 1.82) is 0 Å². The van der Waals surface area contributed by atoms with Crippen LogP contribution < -0.4 is 5.73 Å². The number of aromatic nitrogens is 2. The fourth-order valence-electron chi connectivity index (χ4n) is 2.11. The SMILES string of the molecule is COCCn1ncc(Cl)c1C(N)Cc1ccc(F)c(F)c1. The summed E-state index contributed by atoms with van der Waals surface area (Å²) < 4.78 is 32.8. The van der Waals surface area contributed by atoms with Gasteiger partial charge in [-0.2, -0.15) is 5.10 Å². The van der Waals surface area contributed by atoms with E-state index in [4.69, 9.17) is 22.1 Å². The van der Waals surface area contributed by atoms with Gasteiger partial charge in [-0.05, 0) is 24.1 Å². The molecule has 0 saturated carbocycles. The largest absolute Gasteiger partial charge is 0.383 e. The van der Waals surface area contributed by atoms with Gasteiger partial charge in [0.15, 0.2) is 11.6 Å². The van der Waals surface area contributed by atoms with E-state index < -0.39 is 17.7 Å². The first-order chi connectivity index (χ1) is 10.0. The number of ether oxygens (including phenoxy) is 1. The highest BCUT2D eigenvalue weighted by molar-refractivity contribution is 6.31. The smallest absolute Gasteiger partial charge is 0.159 e. The number of methoxy groups -OCH3 is 1. The Hall–Kier alpha value is -1.50. The maximum absolute atomic E-state index is 13.2. The summed E-state index contributed by atoms with van der Waals surface area (Å²) in [6.07, 6.45) is 1.84. The van der Waals surface area contributed by atoms with E-state index in [1.165, 1.54) is 12.3 Å². The van der Waals surface area contributed by atoms with Gasteiger partial charge < -0.3 is 10.5 Å². The average molecular weight is 316 g/mol. The number of benzene rings is 1. The van der Waals surface area contributed by atoms with E-state index in [0.29, 0.717) is 35.9 Å². The molecule has 0 aliphatic rings. The predicted molar refractivity (Wildman–Crippen MR) is 76.1 cm³/mol. The van der Waals surface area contributed by atoms with Gasteiger partial charge in [-0.15, -0.1) is 0 Å². The van der Waals surface area contributed by atoms with Gasteiger partial charge in [0.2, 0.25) is 0 Å². The first kappa shape index (κ1) is 15.9. The van der Waals surface area contributed by atoms with Gasteiger partial charge in [0.25, 0.3) is 0 Å². The number of nitrogens with zero attached hydrogens (tertiary/aromatic N) is 2. The number of halogens is 3. The van der Waals surface area contributed by atoms with Crippen LogP contribution in [0.3, 0.4) is 0 Å². The second-order valence-corrected chi connectivity index (χ2v) is 5.06.